The molecule has 0 fully saturated rings. The second kappa shape index (κ2) is 22.6. The van der Waals surface area contributed by atoms with Gasteiger partial charge in [0.15, 0.2) is 0 Å². The van der Waals surface area contributed by atoms with Crippen LogP contribution < -0.4 is 0 Å². The van der Waals surface area contributed by atoms with Crippen LogP contribution in [-0.4, -0.2) is 18.8 Å². The van der Waals surface area contributed by atoms with E-state index in [-0.39, 0.29) is 5.41 Å². The molecule has 0 amide bonds. The number of fused-ring (bicyclic) bond motifs is 14. The van der Waals surface area contributed by atoms with Gasteiger partial charge in [-0.05, 0) is 235 Å². The Bertz CT molecular complexity index is 7170. The fraction of sp³-hybridized carbons (Fsp3) is 0.0291. The van der Waals surface area contributed by atoms with Gasteiger partial charge in [-0.2, -0.15) is 0 Å². The van der Waals surface area contributed by atoms with E-state index in [1.165, 1.54) is 199 Å². The number of pyridine rings is 2. The molecule has 3 aliphatic rings. The Hall–Kier alpha value is -13.8. The Morgan fingerprint density at radius 3 is 1.04 bits per heavy atom. The fourth-order valence-electron chi connectivity index (χ4n) is 19.1. The summed E-state index contributed by atoms with van der Waals surface area (Å²) >= 11 is 0. The SMILES string of the molecule is CC1(C)c2cc(-c3cn4ccccc4n3)ccc2-c2ccc(-c3ccc4c5c(cccc35)-c3c-4c(-c4ccccc4)c4ccccc4c3-c3ccc(-c4ccc(-c5c6c(c(-c7ccccc7)c7ccccc57)-c5cccc7c(-c8ccc(-c9cn%10ccccc%10n9)c9ccccc89)ccc-6c57)cc4)cc3)cc21. The van der Waals surface area contributed by atoms with Gasteiger partial charge in [0.25, 0.3) is 0 Å². The van der Waals surface area contributed by atoms with Crippen molar-refractivity contribution in [1.29, 1.82) is 0 Å². The van der Waals surface area contributed by atoms with Crippen LogP contribution in [0.25, 0.3) is 221 Å². The van der Waals surface area contributed by atoms with Gasteiger partial charge in [0.2, 0.25) is 0 Å². The molecule has 4 aromatic heterocycles. The molecule has 4 heterocycles. The fourth-order valence-corrected chi connectivity index (χ4v) is 19.1. The highest BCUT2D eigenvalue weighted by Crippen LogP contribution is 2.62. The number of nitrogens with zero attached hydrogens (tertiary/aromatic N) is 4. The summed E-state index contributed by atoms with van der Waals surface area (Å²) < 4.78 is 4.21. The van der Waals surface area contributed by atoms with Gasteiger partial charge >= 0.3 is 0 Å². The quantitative estimate of drug-likeness (QED) is 0.144. The van der Waals surface area contributed by atoms with E-state index in [0.29, 0.717) is 0 Å². The second-order valence-corrected chi connectivity index (χ2v) is 29.8. The standard InChI is InChI=1S/C103H64N4/c1-103(2)87-57-67(45-47-74(87)75-48-46-68(58-88(75)103)89-59-106-55-17-15-35-91(106)104-89)69-49-53-85-97-77(69)31-19-33-83(97)100-95(81-29-13-12-28-80(81)94(101(85)100)64-23-7-4-8-24-64)65-41-37-61(38-42-65)62-39-43-66(44-40-62)96-82-30-14-11-27-79(82)93(63-21-5-3-6-22-63)99-84-34-20-32-78-73(51-54-86(98(78)84)102(96)99)72-50-52-76(71-26-10-9-25-70(71)72)90-60-107-56-18-16-36-92(107)105-90/h3-60H,1-2H3. The van der Waals surface area contributed by atoms with Crippen LogP contribution >= 0.6 is 0 Å². The van der Waals surface area contributed by atoms with E-state index < -0.39 is 0 Å². The summed E-state index contributed by atoms with van der Waals surface area (Å²) in [6.07, 6.45) is 8.42. The lowest BCUT2D eigenvalue weighted by molar-refractivity contribution is 0.661. The predicted molar refractivity (Wildman–Crippen MR) is 447 cm³/mol. The molecule has 0 N–H and O–H groups in total. The van der Waals surface area contributed by atoms with Crippen LogP contribution in [0.1, 0.15) is 25.0 Å². The second-order valence-electron chi connectivity index (χ2n) is 29.8. The monoisotopic (exact) mass is 1360 g/mol. The van der Waals surface area contributed by atoms with Gasteiger partial charge in [-0.1, -0.05) is 305 Å². The Morgan fingerprint density at radius 1 is 0.215 bits per heavy atom. The number of benzene rings is 16. The van der Waals surface area contributed by atoms with Crippen molar-refractivity contribution >= 4 is 65.2 Å². The van der Waals surface area contributed by atoms with Crippen LogP contribution in [-0.2, 0) is 5.41 Å². The molecule has 3 aliphatic carbocycles. The summed E-state index contributed by atoms with van der Waals surface area (Å²) in [6.45, 7) is 4.78. The number of hydrogen-bond acceptors (Lipinski definition) is 2. The normalized spacial score (nSPS) is 12.8. The van der Waals surface area contributed by atoms with Crippen molar-refractivity contribution in [2.24, 2.45) is 0 Å². The zero-order chi connectivity index (χ0) is 70.3. The minimum atomic E-state index is -0.229. The van der Waals surface area contributed by atoms with E-state index in [0.717, 1.165) is 33.8 Å². The van der Waals surface area contributed by atoms with E-state index in [1.54, 1.807) is 0 Å². The van der Waals surface area contributed by atoms with Gasteiger partial charge in [0, 0.05) is 41.3 Å². The molecule has 0 aliphatic heterocycles. The first-order chi connectivity index (χ1) is 52.8. The van der Waals surface area contributed by atoms with Crippen LogP contribution in [0.15, 0.2) is 352 Å². The largest absolute Gasteiger partial charge is 0.306 e. The summed E-state index contributed by atoms with van der Waals surface area (Å²) in [5.41, 5.74) is 38.5. The van der Waals surface area contributed by atoms with Crippen LogP contribution in [0.5, 0.6) is 0 Å². The maximum absolute atomic E-state index is 5.09. The Labute approximate surface area is 618 Å². The van der Waals surface area contributed by atoms with Crippen molar-refractivity contribution in [1.82, 2.24) is 18.8 Å². The minimum absolute atomic E-state index is 0.229. The number of imidazole rings is 2. The van der Waals surface area contributed by atoms with Crippen molar-refractivity contribution < 1.29 is 0 Å². The summed E-state index contributed by atoms with van der Waals surface area (Å²) in [5.74, 6) is 0. The molecule has 4 nitrogen and oxygen atoms in total. The van der Waals surface area contributed by atoms with E-state index in [4.69, 9.17) is 9.97 Å². The molecule has 0 bridgehead atoms. The first-order valence-electron chi connectivity index (χ1n) is 37.2. The summed E-state index contributed by atoms with van der Waals surface area (Å²) in [6, 6.07) is 123. The van der Waals surface area contributed by atoms with Crippen molar-refractivity contribution in [3.05, 3.63) is 363 Å². The highest BCUT2D eigenvalue weighted by molar-refractivity contribution is 6.31. The van der Waals surface area contributed by atoms with Gasteiger partial charge in [-0.3, -0.25) is 0 Å². The third-order valence-electron chi connectivity index (χ3n) is 23.9. The van der Waals surface area contributed by atoms with E-state index in [9.17, 15) is 0 Å². The van der Waals surface area contributed by atoms with Gasteiger partial charge in [0.1, 0.15) is 11.3 Å². The predicted octanol–water partition coefficient (Wildman–Crippen LogP) is 27.4. The Balaban J connectivity index is 0.635. The lowest BCUT2D eigenvalue weighted by Crippen LogP contribution is -2.15. The molecular formula is C103H64N4. The van der Waals surface area contributed by atoms with E-state index in [1.807, 2.05) is 12.1 Å². The number of hydrogen-bond donors (Lipinski definition) is 0. The average molecular weight is 1360 g/mol. The highest BCUT2D eigenvalue weighted by atomic mass is 15.0. The Morgan fingerprint density at radius 2 is 0.542 bits per heavy atom. The highest BCUT2D eigenvalue weighted by Gasteiger charge is 2.38. The first kappa shape index (κ1) is 59.7. The van der Waals surface area contributed by atoms with Crippen molar-refractivity contribution in [3.63, 3.8) is 0 Å². The first-order valence-corrected chi connectivity index (χ1v) is 37.2. The molecule has 0 radical (unpaired) electrons. The molecular weight excluding hydrogens is 1290 g/mol. The summed E-state index contributed by atoms with van der Waals surface area (Å²) in [5, 5.41) is 12.5. The molecule has 0 unspecified atom stereocenters. The van der Waals surface area contributed by atoms with E-state index >= 15 is 0 Å². The summed E-state index contributed by atoms with van der Waals surface area (Å²) in [4.78, 5) is 10.1. The van der Waals surface area contributed by atoms with E-state index in [2.05, 4.69) is 363 Å². The van der Waals surface area contributed by atoms with Gasteiger partial charge < -0.3 is 8.80 Å². The topological polar surface area (TPSA) is 34.6 Å². The zero-order valence-electron chi connectivity index (χ0n) is 58.8. The third-order valence-corrected chi connectivity index (χ3v) is 23.9. The zero-order valence-corrected chi connectivity index (χ0v) is 58.8. The lowest BCUT2D eigenvalue weighted by atomic mass is 9.80. The van der Waals surface area contributed by atoms with Crippen molar-refractivity contribution in [2.45, 2.75) is 19.3 Å². The minimum Gasteiger partial charge on any atom is -0.306 e. The van der Waals surface area contributed by atoms with Crippen molar-refractivity contribution in [3.8, 4) is 156 Å². The molecule has 4 heteroatoms. The van der Waals surface area contributed by atoms with Gasteiger partial charge in [-0.15, -0.1) is 0 Å². The van der Waals surface area contributed by atoms with Crippen molar-refractivity contribution in [2.75, 3.05) is 0 Å². The molecule has 496 valence electrons. The Kier molecular flexibility index (Phi) is 12.6. The molecule has 16 aromatic carbocycles. The molecule has 0 saturated carbocycles. The molecule has 107 heavy (non-hydrogen) atoms. The van der Waals surface area contributed by atoms with Crippen LogP contribution in [0.2, 0.25) is 0 Å². The molecule has 0 atom stereocenters. The molecule has 0 spiro atoms. The number of aromatic nitrogens is 4. The molecule has 20 aromatic rings. The van der Waals surface area contributed by atoms with Gasteiger partial charge in [0.05, 0.1) is 11.4 Å². The summed E-state index contributed by atoms with van der Waals surface area (Å²) in [7, 11) is 0. The van der Waals surface area contributed by atoms with Crippen LogP contribution in [0, 0.1) is 0 Å². The smallest absolute Gasteiger partial charge is 0.137 e. The van der Waals surface area contributed by atoms with Crippen LogP contribution in [0.4, 0.5) is 0 Å². The third kappa shape index (κ3) is 8.67. The molecule has 0 saturated heterocycles. The van der Waals surface area contributed by atoms with Gasteiger partial charge in [-0.25, -0.2) is 9.97 Å². The maximum atomic E-state index is 5.09. The lowest BCUT2D eigenvalue weighted by Gasteiger charge is -2.22. The molecule has 23 rings (SSSR count). The van der Waals surface area contributed by atoms with Crippen LogP contribution in [0.3, 0.4) is 0 Å². The number of rotatable bonds is 9. The average Bonchev–Trinajstić information content (AvgIpc) is 1.55. The maximum Gasteiger partial charge on any atom is 0.137 e.